The summed E-state index contributed by atoms with van der Waals surface area (Å²) in [6.45, 7) is 5.60. The molecule has 9 heteroatoms. The van der Waals surface area contributed by atoms with Gasteiger partial charge in [-0.2, -0.15) is 10.2 Å². The van der Waals surface area contributed by atoms with E-state index in [0.717, 1.165) is 54.5 Å². The highest BCUT2D eigenvalue weighted by molar-refractivity contribution is 5.75. The van der Waals surface area contributed by atoms with Gasteiger partial charge < -0.3 is 9.80 Å². The zero-order chi connectivity index (χ0) is 23.1. The van der Waals surface area contributed by atoms with Crippen molar-refractivity contribution in [3.63, 3.8) is 0 Å². The predicted octanol–water partition coefficient (Wildman–Crippen LogP) is 3.09. The summed E-state index contributed by atoms with van der Waals surface area (Å²) in [7, 11) is 1.93. The molecule has 0 aliphatic carbocycles. The van der Waals surface area contributed by atoms with Crippen LogP contribution in [-0.2, 0) is 13.6 Å². The molecular weight excluding hydrogens is 426 g/mol. The van der Waals surface area contributed by atoms with E-state index in [4.69, 9.17) is 5.10 Å². The molecule has 0 spiro atoms. The molecule has 0 bridgehead atoms. The zero-order valence-corrected chi connectivity index (χ0v) is 19.4. The largest absolute Gasteiger partial charge is 0.365 e. The molecule has 9 nitrogen and oxygen atoms in total. The molecule has 0 saturated carbocycles. The molecule has 34 heavy (non-hydrogen) atoms. The summed E-state index contributed by atoms with van der Waals surface area (Å²) in [4.78, 5) is 9.31. The SMILES string of the molecule is C[C@H]1CN(c2cnn3cc(-c4cnn(C)c4)ccc23)CCN1c1ncn(Cc2ccccc2)n1. The van der Waals surface area contributed by atoms with Gasteiger partial charge in [-0.15, -0.1) is 5.10 Å². The van der Waals surface area contributed by atoms with Crippen molar-refractivity contribution in [1.82, 2.24) is 34.2 Å². The Kier molecular flexibility index (Phi) is 5.01. The van der Waals surface area contributed by atoms with Gasteiger partial charge in [-0.1, -0.05) is 36.4 Å². The van der Waals surface area contributed by atoms with Crippen LogP contribution in [0.2, 0.25) is 0 Å². The fraction of sp³-hybridized carbons (Fsp3) is 0.280. The fourth-order valence-corrected chi connectivity index (χ4v) is 4.69. The Bertz CT molecular complexity index is 1410. The van der Waals surface area contributed by atoms with Crippen LogP contribution in [0.15, 0.2) is 73.6 Å². The standard InChI is InChI=1S/C25H27N9/c1-19-14-31(10-11-33(19)25-26-18-32(29-25)15-20-6-4-3-5-7-20)24-13-28-34-17-21(8-9-23(24)34)22-12-27-30(2)16-22/h3-9,12-13,16-19H,10-11,14-15H2,1-2H3/t19-/m0/s1. The van der Waals surface area contributed by atoms with Gasteiger partial charge in [0.25, 0.3) is 0 Å². The average molecular weight is 454 g/mol. The van der Waals surface area contributed by atoms with Gasteiger partial charge in [-0.05, 0) is 18.6 Å². The molecule has 0 unspecified atom stereocenters. The van der Waals surface area contributed by atoms with Crippen molar-refractivity contribution in [2.45, 2.75) is 19.5 Å². The smallest absolute Gasteiger partial charge is 0.245 e. The van der Waals surface area contributed by atoms with E-state index in [0.29, 0.717) is 0 Å². The van der Waals surface area contributed by atoms with Gasteiger partial charge in [0, 0.05) is 56.2 Å². The highest BCUT2D eigenvalue weighted by atomic mass is 15.4. The first-order valence-corrected chi connectivity index (χ1v) is 11.6. The van der Waals surface area contributed by atoms with Gasteiger partial charge in [-0.3, -0.25) is 4.68 Å². The number of aromatic nitrogens is 7. The lowest BCUT2D eigenvalue weighted by Crippen LogP contribution is -2.52. The first-order chi connectivity index (χ1) is 16.6. The lowest BCUT2D eigenvalue weighted by molar-refractivity contribution is 0.538. The van der Waals surface area contributed by atoms with Crippen LogP contribution in [0.25, 0.3) is 16.6 Å². The van der Waals surface area contributed by atoms with E-state index in [9.17, 15) is 0 Å². The van der Waals surface area contributed by atoms with Crippen LogP contribution < -0.4 is 9.80 Å². The van der Waals surface area contributed by atoms with E-state index >= 15 is 0 Å². The molecule has 1 fully saturated rings. The van der Waals surface area contributed by atoms with Crippen LogP contribution in [0.3, 0.4) is 0 Å². The Morgan fingerprint density at radius 2 is 1.82 bits per heavy atom. The predicted molar refractivity (Wildman–Crippen MR) is 132 cm³/mol. The number of hydrogen-bond acceptors (Lipinski definition) is 6. The van der Waals surface area contributed by atoms with Gasteiger partial charge in [-0.25, -0.2) is 14.2 Å². The van der Waals surface area contributed by atoms with Crippen molar-refractivity contribution in [3.05, 3.63) is 79.1 Å². The molecule has 1 aromatic carbocycles. The number of piperazine rings is 1. The van der Waals surface area contributed by atoms with Gasteiger partial charge in [0.15, 0.2) is 0 Å². The van der Waals surface area contributed by atoms with E-state index in [2.05, 4.69) is 74.5 Å². The van der Waals surface area contributed by atoms with Gasteiger partial charge in [0.1, 0.15) is 6.33 Å². The molecule has 0 N–H and O–H groups in total. The van der Waals surface area contributed by atoms with E-state index in [-0.39, 0.29) is 6.04 Å². The summed E-state index contributed by atoms with van der Waals surface area (Å²) < 4.78 is 5.69. The summed E-state index contributed by atoms with van der Waals surface area (Å²) >= 11 is 0. The van der Waals surface area contributed by atoms with E-state index in [1.54, 1.807) is 0 Å². The van der Waals surface area contributed by atoms with Crippen molar-refractivity contribution in [3.8, 4) is 11.1 Å². The number of fused-ring (bicyclic) bond motifs is 1. The molecule has 172 valence electrons. The third-order valence-electron chi connectivity index (χ3n) is 6.47. The molecule has 5 aromatic rings. The molecule has 1 saturated heterocycles. The van der Waals surface area contributed by atoms with Crippen molar-refractivity contribution < 1.29 is 0 Å². The molecule has 4 aromatic heterocycles. The number of aryl methyl sites for hydroxylation is 1. The van der Waals surface area contributed by atoms with Crippen LogP contribution in [-0.4, -0.2) is 59.8 Å². The summed E-state index contributed by atoms with van der Waals surface area (Å²) in [6, 6.07) is 14.9. The van der Waals surface area contributed by atoms with E-state index in [1.807, 2.05) is 51.9 Å². The monoisotopic (exact) mass is 453 g/mol. The molecule has 1 atom stereocenters. The van der Waals surface area contributed by atoms with Crippen LogP contribution in [0.4, 0.5) is 11.6 Å². The lowest BCUT2D eigenvalue weighted by Gasteiger charge is -2.40. The third-order valence-corrected chi connectivity index (χ3v) is 6.47. The van der Waals surface area contributed by atoms with Crippen LogP contribution >= 0.6 is 0 Å². The molecule has 1 aliphatic heterocycles. The fourth-order valence-electron chi connectivity index (χ4n) is 4.69. The highest BCUT2D eigenvalue weighted by Crippen LogP contribution is 2.28. The molecular formula is C25H27N9. The number of pyridine rings is 1. The van der Waals surface area contributed by atoms with Crippen molar-refractivity contribution >= 4 is 17.2 Å². The summed E-state index contributed by atoms with van der Waals surface area (Å²) in [5, 5.41) is 13.7. The molecule has 1 aliphatic rings. The molecule has 5 heterocycles. The topological polar surface area (TPSA) is 72.3 Å². The highest BCUT2D eigenvalue weighted by Gasteiger charge is 2.28. The third kappa shape index (κ3) is 3.79. The van der Waals surface area contributed by atoms with Gasteiger partial charge in [0.2, 0.25) is 5.95 Å². The first-order valence-electron chi connectivity index (χ1n) is 11.6. The van der Waals surface area contributed by atoms with Crippen molar-refractivity contribution in [2.24, 2.45) is 7.05 Å². The van der Waals surface area contributed by atoms with Crippen molar-refractivity contribution in [1.29, 1.82) is 0 Å². The number of rotatable bonds is 5. The quantitative estimate of drug-likeness (QED) is 0.407. The lowest BCUT2D eigenvalue weighted by atomic mass is 10.1. The van der Waals surface area contributed by atoms with E-state index in [1.165, 1.54) is 5.56 Å². The molecule has 6 rings (SSSR count). The van der Waals surface area contributed by atoms with Crippen LogP contribution in [0.1, 0.15) is 12.5 Å². The van der Waals surface area contributed by atoms with Crippen molar-refractivity contribution in [2.75, 3.05) is 29.4 Å². The summed E-state index contributed by atoms with van der Waals surface area (Å²) in [5.41, 5.74) is 5.68. The summed E-state index contributed by atoms with van der Waals surface area (Å²) in [5.74, 6) is 0.795. The van der Waals surface area contributed by atoms with Gasteiger partial charge in [0.05, 0.1) is 30.1 Å². The number of hydrogen-bond donors (Lipinski definition) is 0. The van der Waals surface area contributed by atoms with Gasteiger partial charge >= 0.3 is 0 Å². The maximum atomic E-state index is 4.75. The molecule has 0 amide bonds. The average Bonchev–Trinajstić information content (AvgIpc) is 3.59. The minimum absolute atomic E-state index is 0.283. The minimum Gasteiger partial charge on any atom is -0.365 e. The second-order valence-corrected chi connectivity index (χ2v) is 8.90. The Balaban J connectivity index is 1.17. The van der Waals surface area contributed by atoms with E-state index < -0.39 is 0 Å². The Hall–Kier alpha value is -4.14. The van der Waals surface area contributed by atoms with Crippen LogP contribution in [0, 0.1) is 0 Å². The molecule has 0 radical (unpaired) electrons. The normalized spacial score (nSPS) is 16.5. The maximum absolute atomic E-state index is 4.75. The van der Waals surface area contributed by atoms with Crippen LogP contribution in [0.5, 0.6) is 0 Å². The maximum Gasteiger partial charge on any atom is 0.245 e. The number of benzene rings is 1. The Labute approximate surface area is 197 Å². The Morgan fingerprint density at radius 1 is 0.941 bits per heavy atom. The second-order valence-electron chi connectivity index (χ2n) is 8.90. The zero-order valence-electron chi connectivity index (χ0n) is 19.4. The number of nitrogens with zero attached hydrogens (tertiary/aromatic N) is 9. The minimum atomic E-state index is 0.283. The summed E-state index contributed by atoms with van der Waals surface area (Å²) in [6.07, 6.45) is 9.76. The number of anilines is 2. The Morgan fingerprint density at radius 3 is 2.62 bits per heavy atom. The second kappa shape index (κ2) is 8.33. The first kappa shape index (κ1) is 20.5.